The number of rotatable bonds is 5. The van der Waals surface area contributed by atoms with Crippen molar-refractivity contribution in [3.63, 3.8) is 0 Å². The number of aliphatic hydroxyl groups is 2. The summed E-state index contributed by atoms with van der Waals surface area (Å²) in [5, 5.41) is 17.8. The summed E-state index contributed by atoms with van der Waals surface area (Å²) in [7, 11) is 0. The molecule has 1 fully saturated rings. The molecule has 1 atom stereocenters. The fourth-order valence-corrected chi connectivity index (χ4v) is 2.21. The van der Waals surface area contributed by atoms with Crippen LogP contribution in [0.25, 0.3) is 0 Å². The molecule has 0 bridgehead atoms. The van der Waals surface area contributed by atoms with Crippen LogP contribution < -0.4 is 0 Å². The minimum absolute atomic E-state index is 0.0454. The summed E-state index contributed by atoms with van der Waals surface area (Å²) < 4.78 is 0. The lowest BCUT2D eigenvalue weighted by Gasteiger charge is -2.28. The monoisotopic (exact) mass is 215 g/mol. The Morgan fingerprint density at radius 3 is 2.40 bits per heavy atom. The third-order valence-electron chi connectivity index (χ3n) is 2.99. The van der Waals surface area contributed by atoms with Gasteiger partial charge in [-0.15, -0.1) is 0 Å². The first-order valence-corrected chi connectivity index (χ1v) is 5.78. The summed E-state index contributed by atoms with van der Waals surface area (Å²) in [5.41, 5.74) is 0. The molecule has 0 amide bonds. The van der Waals surface area contributed by atoms with Gasteiger partial charge < -0.3 is 10.2 Å². The summed E-state index contributed by atoms with van der Waals surface area (Å²) in [6.45, 7) is 1.06. The first kappa shape index (κ1) is 12.6. The van der Waals surface area contributed by atoms with Gasteiger partial charge in [-0.05, 0) is 12.8 Å². The van der Waals surface area contributed by atoms with Crippen molar-refractivity contribution in [3.05, 3.63) is 0 Å². The molecule has 1 aliphatic carbocycles. The van der Waals surface area contributed by atoms with Gasteiger partial charge in [-0.1, -0.05) is 12.8 Å². The van der Waals surface area contributed by atoms with E-state index in [1.54, 1.807) is 0 Å². The number of ketones is 1. The molecule has 1 aliphatic rings. The van der Waals surface area contributed by atoms with Gasteiger partial charge in [0.2, 0.25) is 0 Å². The highest BCUT2D eigenvalue weighted by molar-refractivity contribution is 5.84. The highest BCUT2D eigenvalue weighted by atomic mass is 16.3. The van der Waals surface area contributed by atoms with Crippen molar-refractivity contribution in [2.75, 3.05) is 26.3 Å². The molecule has 0 aliphatic heterocycles. The average Bonchev–Trinajstić information content (AvgIpc) is 2.43. The number of Topliss-reactive ketones (excluding diaryl/α,β-unsaturated/α-hetero) is 1. The van der Waals surface area contributed by atoms with Crippen molar-refractivity contribution < 1.29 is 15.0 Å². The Morgan fingerprint density at radius 1 is 1.13 bits per heavy atom. The fourth-order valence-electron chi connectivity index (χ4n) is 2.21. The van der Waals surface area contributed by atoms with Gasteiger partial charge in [-0.2, -0.15) is 0 Å². The van der Waals surface area contributed by atoms with Crippen LogP contribution in [0.1, 0.15) is 32.1 Å². The molecule has 4 heteroatoms. The van der Waals surface area contributed by atoms with Gasteiger partial charge in [0.15, 0.2) is 0 Å². The van der Waals surface area contributed by atoms with Crippen LogP contribution in [0.4, 0.5) is 0 Å². The predicted octanol–water partition coefficient (Wildman–Crippen LogP) is 0.175. The standard InChI is InChI=1S/C11H21NO3/c13-8-6-12(7-9-14)10-4-2-1-3-5-11(10)15/h10,13-14H,1-9H2. The predicted molar refractivity (Wildman–Crippen MR) is 57.6 cm³/mol. The minimum atomic E-state index is -0.0770. The van der Waals surface area contributed by atoms with E-state index in [2.05, 4.69) is 0 Å². The van der Waals surface area contributed by atoms with Gasteiger partial charge in [0, 0.05) is 19.5 Å². The first-order chi connectivity index (χ1) is 7.29. The molecule has 0 aromatic carbocycles. The van der Waals surface area contributed by atoms with E-state index in [1.807, 2.05) is 4.90 Å². The highest BCUT2D eigenvalue weighted by Gasteiger charge is 2.26. The van der Waals surface area contributed by atoms with Crippen LogP contribution in [0, 0.1) is 0 Å². The fraction of sp³-hybridized carbons (Fsp3) is 0.909. The molecule has 1 unspecified atom stereocenters. The summed E-state index contributed by atoms with van der Waals surface area (Å²) >= 11 is 0. The normalized spacial score (nSPS) is 23.1. The molecule has 1 saturated carbocycles. The van der Waals surface area contributed by atoms with Crippen LogP contribution in [-0.4, -0.2) is 53.2 Å². The zero-order chi connectivity index (χ0) is 11.1. The molecule has 1 rings (SSSR count). The lowest BCUT2D eigenvalue weighted by Crippen LogP contribution is -2.43. The second kappa shape index (κ2) is 6.93. The summed E-state index contributed by atoms with van der Waals surface area (Å²) in [6, 6.07) is -0.0770. The molecule has 15 heavy (non-hydrogen) atoms. The third kappa shape index (κ3) is 3.89. The summed E-state index contributed by atoms with van der Waals surface area (Å²) in [6.07, 6.45) is 4.70. The first-order valence-electron chi connectivity index (χ1n) is 5.78. The van der Waals surface area contributed by atoms with Crippen LogP contribution in [0.2, 0.25) is 0 Å². The van der Waals surface area contributed by atoms with Crippen LogP contribution in [0.15, 0.2) is 0 Å². The molecular formula is C11H21NO3. The smallest absolute Gasteiger partial charge is 0.149 e. The topological polar surface area (TPSA) is 60.8 Å². The molecule has 0 spiro atoms. The van der Waals surface area contributed by atoms with E-state index >= 15 is 0 Å². The van der Waals surface area contributed by atoms with Crippen molar-refractivity contribution in [2.45, 2.75) is 38.1 Å². The zero-order valence-electron chi connectivity index (χ0n) is 9.19. The second-order valence-corrected chi connectivity index (χ2v) is 4.06. The average molecular weight is 215 g/mol. The van der Waals surface area contributed by atoms with E-state index in [0.717, 1.165) is 25.7 Å². The zero-order valence-corrected chi connectivity index (χ0v) is 9.19. The van der Waals surface area contributed by atoms with E-state index < -0.39 is 0 Å². The number of carbonyl (C=O) groups excluding carboxylic acids is 1. The summed E-state index contributed by atoms with van der Waals surface area (Å²) in [4.78, 5) is 13.7. The van der Waals surface area contributed by atoms with E-state index in [4.69, 9.17) is 10.2 Å². The maximum absolute atomic E-state index is 11.8. The highest BCUT2D eigenvalue weighted by Crippen LogP contribution is 2.18. The van der Waals surface area contributed by atoms with Crippen molar-refractivity contribution in [2.24, 2.45) is 0 Å². The SMILES string of the molecule is O=C1CCCCCC1N(CCO)CCO. The molecule has 4 nitrogen and oxygen atoms in total. The molecule has 0 aromatic rings. The Kier molecular flexibility index (Phi) is 5.83. The second-order valence-electron chi connectivity index (χ2n) is 4.06. The van der Waals surface area contributed by atoms with E-state index in [9.17, 15) is 4.79 Å². The maximum atomic E-state index is 11.8. The summed E-state index contributed by atoms with van der Waals surface area (Å²) in [5.74, 6) is 0.273. The Balaban J connectivity index is 2.57. The maximum Gasteiger partial charge on any atom is 0.149 e. The number of hydrogen-bond donors (Lipinski definition) is 2. The van der Waals surface area contributed by atoms with Crippen molar-refractivity contribution in [3.8, 4) is 0 Å². The molecule has 0 aromatic heterocycles. The Labute approximate surface area is 90.9 Å². The van der Waals surface area contributed by atoms with Crippen molar-refractivity contribution in [1.29, 1.82) is 0 Å². The molecule has 0 radical (unpaired) electrons. The molecular weight excluding hydrogens is 194 g/mol. The molecule has 0 saturated heterocycles. The van der Waals surface area contributed by atoms with Crippen LogP contribution in [0.5, 0.6) is 0 Å². The number of nitrogens with zero attached hydrogens (tertiary/aromatic N) is 1. The molecule has 88 valence electrons. The van der Waals surface area contributed by atoms with Crippen molar-refractivity contribution >= 4 is 5.78 Å². The Bertz CT molecular complexity index is 190. The van der Waals surface area contributed by atoms with Crippen LogP contribution in [0.3, 0.4) is 0 Å². The molecule has 2 N–H and O–H groups in total. The van der Waals surface area contributed by atoms with Gasteiger partial charge in [0.1, 0.15) is 5.78 Å². The van der Waals surface area contributed by atoms with E-state index in [-0.39, 0.29) is 25.0 Å². The number of hydrogen-bond acceptors (Lipinski definition) is 4. The largest absolute Gasteiger partial charge is 0.395 e. The van der Waals surface area contributed by atoms with Gasteiger partial charge in [0.25, 0.3) is 0 Å². The third-order valence-corrected chi connectivity index (χ3v) is 2.99. The van der Waals surface area contributed by atoms with Crippen LogP contribution >= 0.6 is 0 Å². The van der Waals surface area contributed by atoms with E-state index in [0.29, 0.717) is 19.5 Å². The van der Waals surface area contributed by atoms with Gasteiger partial charge in [0.05, 0.1) is 19.3 Å². The van der Waals surface area contributed by atoms with Crippen molar-refractivity contribution in [1.82, 2.24) is 4.90 Å². The quantitative estimate of drug-likeness (QED) is 0.642. The number of aliphatic hydroxyl groups excluding tert-OH is 2. The lowest BCUT2D eigenvalue weighted by molar-refractivity contribution is -0.124. The minimum Gasteiger partial charge on any atom is -0.395 e. The number of carbonyl (C=O) groups is 1. The Morgan fingerprint density at radius 2 is 1.80 bits per heavy atom. The van der Waals surface area contributed by atoms with Gasteiger partial charge in [-0.25, -0.2) is 0 Å². The van der Waals surface area contributed by atoms with Gasteiger partial charge in [-0.3, -0.25) is 9.69 Å². The van der Waals surface area contributed by atoms with Gasteiger partial charge >= 0.3 is 0 Å². The lowest BCUT2D eigenvalue weighted by atomic mass is 10.1. The van der Waals surface area contributed by atoms with Crippen LogP contribution in [-0.2, 0) is 4.79 Å². The molecule has 0 heterocycles. The van der Waals surface area contributed by atoms with E-state index in [1.165, 1.54) is 0 Å². The Hall–Kier alpha value is -0.450.